The second-order valence-corrected chi connectivity index (χ2v) is 2.47. The average Bonchev–Trinajstić information content (AvgIpc) is 1.64. The van der Waals surface area contributed by atoms with Gasteiger partial charge in [-0.05, 0) is 18.8 Å². The maximum Gasteiger partial charge on any atom is 0.188 e. The summed E-state index contributed by atoms with van der Waals surface area (Å²) in [5, 5.41) is 0. The Morgan fingerprint density at radius 2 is 2.25 bits per heavy atom. The van der Waals surface area contributed by atoms with Crippen molar-refractivity contribution in [2.75, 3.05) is 6.86 Å². The van der Waals surface area contributed by atoms with Gasteiger partial charge in [0.2, 0.25) is 0 Å². The van der Waals surface area contributed by atoms with Crippen LogP contribution in [0.5, 0.6) is 0 Å². The first kappa shape index (κ1) is 6.02. The van der Waals surface area contributed by atoms with E-state index in [0.29, 0.717) is 0 Å². The van der Waals surface area contributed by atoms with Crippen molar-refractivity contribution in [2.24, 2.45) is 5.92 Å². The maximum atomic E-state index is 11.4. The zero-order valence-electron chi connectivity index (χ0n) is 5.06. The minimum Gasteiger partial charge on any atom is -0.347 e. The summed E-state index contributed by atoms with van der Waals surface area (Å²) in [4.78, 5) is 0. The van der Waals surface area contributed by atoms with Crippen molar-refractivity contribution in [3.8, 4) is 0 Å². The molecule has 48 valence electrons. The summed E-state index contributed by atoms with van der Waals surface area (Å²) in [5.74, 6) is 0.756. The zero-order valence-corrected chi connectivity index (χ0v) is 5.06. The highest BCUT2D eigenvalue weighted by atomic mass is 19.1. The second-order valence-electron chi connectivity index (χ2n) is 2.47. The first-order chi connectivity index (χ1) is 3.83. The van der Waals surface area contributed by atoms with Gasteiger partial charge in [-0.1, -0.05) is 6.92 Å². The van der Waals surface area contributed by atoms with E-state index in [1.165, 1.54) is 0 Å². The Morgan fingerprint density at radius 3 is 2.62 bits per heavy atom. The molecule has 0 atom stereocenters. The molecule has 1 rings (SSSR count). The lowest BCUT2D eigenvalue weighted by Gasteiger charge is -2.31. The summed E-state index contributed by atoms with van der Waals surface area (Å²) in [6.07, 6.45) is 2.32. The molecule has 0 radical (unpaired) electrons. The number of halogens is 1. The normalized spacial score (nSPS) is 36.8. The summed E-state index contributed by atoms with van der Waals surface area (Å²) in [6, 6.07) is 0. The van der Waals surface area contributed by atoms with Crippen molar-refractivity contribution in [1.29, 1.82) is 0 Å². The van der Waals surface area contributed by atoms with E-state index in [1.807, 2.05) is 0 Å². The number of ether oxygens (including phenoxy) is 1. The Bertz CT molecular complexity index is 66.2. The quantitative estimate of drug-likeness (QED) is 0.536. The van der Waals surface area contributed by atoms with E-state index in [2.05, 4.69) is 11.7 Å². The third-order valence-electron chi connectivity index (χ3n) is 1.63. The van der Waals surface area contributed by atoms with Gasteiger partial charge in [0.15, 0.2) is 6.86 Å². The molecule has 0 bridgehead atoms. The lowest BCUT2D eigenvalue weighted by molar-refractivity contribution is -0.0635. The molecule has 0 aromatic heterocycles. The topological polar surface area (TPSA) is 9.23 Å². The Balaban J connectivity index is 1.98. The van der Waals surface area contributed by atoms with E-state index in [-0.39, 0.29) is 6.10 Å². The van der Waals surface area contributed by atoms with E-state index in [9.17, 15) is 4.39 Å². The molecule has 1 aliphatic carbocycles. The van der Waals surface area contributed by atoms with Crippen LogP contribution in [0.3, 0.4) is 0 Å². The zero-order chi connectivity index (χ0) is 5.98. The molecular formula is C6H11FO. The highest BCUT2D eigenvalue weighted by Crippen LogP contribution is 2.28. The first-order valence-electron chi connectivity index (χ1n) is 3.00. The fourth-order valence-corrected chi connectivity index (χ4v) is 1.05. The molecule has 0 spiro atoms. The molecule has 1 saturated carbocycles. The third kappa shape index (κ3) is 1.19. The van der Waals surface area contributed by atoms with Crippen LogP contribution in [0.4, 0.5) is 4.39 Å². The molecule has 8 heavy (non-hydrogen) atoms. The molecule has 0 aliphatic heterocycles. The Kier molecular flexibility index (Phi) is 1.84. The highest BCUT2D eigenvalue weighted by Gasteiger charge is 2.25. The van der Waals surface area contributed by atoms with E-state index in [4.69, 9.17) is 0 Å². The van der Waals surface area contributed by atoms with Crippen molar-refractivity contribution in [3.63, 3.8) is 0 Å². The number of alkyl halides is 1. The smallest absolute Gasteiger partial charge is 0.188 e. The predicted molar refractivity (Wildman–Crippen MR) is 29.2 cm³/mol. The van der Waals surface area contributed by atoms with Crippen LogP contribution >= 0.6 is 0 Å². The van der Waals surface area contributed by atoms with E-state index in [0.717, 1.165) is 18.8 Å². The van der Waals surface area contributed by atoms with E-state index in [1.54, 1.807) is 0 Å². The third-order valence-corrected chi connectivity index (χ3v) is 1.63. The van der Waals surface area contributed by atoms with Crippen molar-refractivity contribution in [3.05, 3.63) is 0 Å². The molecule has 0 heterocycles. The van der Waals surface area contributed by atoms with Gasteiger partial charge in [-0.3, -0.25) is 0 Å². The van der Waals surface area contributed by atoms with Gasteiger partial charge in [-0.25, -0.2) is 4.39 Å². The summed E-state index contributed by atoms with van der Waals surface area (Å²) in [5.41, 5.74) is 0. The summed E-state index contributed by atoms with van der Waals surface area (Å²) >= 11 is 0. The van der Waals surface area contributed by atoms with Crippen molar-refractivity contribution in [2.45, 2.75) is 25.9 Å². The Labute approximate surface area is 48.8 Å². The summed E-state index contributed by atoms with van der Waals surface area (Å²) in [7, 11) is 0. The van der Waals surface area contributed by atoms with Crippen molar-refractivity contribution >= 4 is 0 Å². The molecule has 0 N–H and O–H groups in total. The molecule has 2 heteroatoms. The minimum absolute atomic E-state index is 0.231. The predicted octanol–water partition coefficient (Wildman–Crippen LogP) is 1.73. The monoisotopic (exact) mass is 118 g/mol. The van der Waals surface area contributed by atoms with Gasteiger partial charge in [0.05, 0.1) is 6.10 Å². The molecule has 1 nitrogen and oxygen atoms in total. The van der Waals surface area contributed by atoms with Crippen molar-refractivity contribution in [1.82, 2.24) is 0 Å². The van der Waals surface area contributed by atoms with Crippen LogP contribution in [-0.4, -0.2) is 13.0 Å². The first-order valence-corrected chi connectivity index (χ1v) is 3.00. The fraction of sp³-hybridized carbons (Fsp3) is 1.00. The van der Waals surface area contributed by atoms with E-state index >= 15 is 0 Å². The molecule has 0 saturated heterocycles. The molecule has 0 aromatic carbocycles. The van der Waals surface area contributed by atoms with E-state index < -0.39 is 6.86 Å². The lowest BCUT2D eigenvalue weighted by atomic mass is 9.84. The number of hydrogen-bond donors (Lipinski definition) is 0. The molecule has 0 amide bonds. The van der Waals surface area contributed by atoms with Gasteiger partial charge < -0.3 is 4.74 Å². The lowest BCUT2D eigenvalue weighted by Crippen LogP contribution is -2.28. The number of rotatable bonds is 2. The van der Waals surface area contributed by atoms with Gasteiger partial charge >= 0.3 is 0 Å². The average molecular weight is 118 g/mol. The van der Waals surface area contributed by atoms with Crippen LogP contribution in [0, 0.1) is 5.92 Å². The van der Waals surface area contributed by atoms with Gasteiger partial charge in [0.1, 0.15) is 0 Å². The van der Waals surface area contributed by atoms with Crippen LogP contribution in [0.25, 0.3) is 0 Å². The Hall–Kier alpha value is -0.110. The summed E-state index contributed by atoms with van der Waals surface area (Å²) < 4.78 is 16.1. The Morgan fingerprint density at radius 1 is 1.62 bits per heavy atom. The van der Waals surface area contributed by atoms with Crippen LogP contribution in [-0.2, 0) is 4.74 Å². The molecular weight excluding hydrogens is 107 g/mol. The largest absolute Gasteiger partial charge is 0.347 e. The van der Waals surface area contributed by atoms with Crippen LogP contribution in [0.1, 0.15) is 19.8 Å². The molecule has 0 unspecified atom stereocenters. The molecule has 0 aromatic rings. The second kappa shape index (κ2) is 2.44. The van der Waals surface area contributed by atoms with Gasteiger partial charge in [0, 0.05) is 0 Å². The fourth-order valence-electron chi connectivity index (χ4n) is 1.05. The minimum atomic E-state index is -0.614. The van der Waals surface area contributed by atoms with Crippen LogP contribution < -0.4 is 0 Å². The standard InChI is InChI=1S/C6H11FO/c1-5-2-6(3-5)8-4-7/h5-6H,2-4H2,1H3. The SMILES string of the molecule is CC1CC(OCF)C1. The van der Waals surface area contributed by atoms with Crippen LogP contribution in [0.15, 0.2) is 0 Å². The molecule has 1 fully saturated rings. The summed E-state index contributed by atoms with van der Waals surface area (Å²) in [6.45, 7) is 1.54. The number of hydrogen-bond acceptors (Lipinski definition) is 1. The van der Waals surface area contributed by atoms with Crippen LogP contribution in [0.2, 0.25) is 0 Å². The highest BCUT2D eigenvalue weighted by molar-refractivity contribution is 4.75. The molecule has 1 aliphatic rings. The van der Waals surface area contributed by atoms with Crippen molar-refractivity contribution < 1.29 is 9.13 Å². The maximum absolute atomic E-state index is 11.4. The van der Waals surface area contributed by atoms with Gasteiger partial charge in [-0.15, -0.1) is 0 Å². The van der Waals surface area contributed by atoms with Gasteiger partial charge in [0.25, 0.3) is 0 Å². The van der Waals surface area contributed by atoms with Gasteiger partial charge in [-0.2, -0.15) is 0 Å².